The van der Waals surface area contributed by atoms with Gasteiger partial charge in [-0.15, -0.1) is 0 Å². The van der Waals surface area contributed by atoms with Crippen LogP contribution in [0.5, 0.6) is 5.75 Å². The molecular weight excluding hydrogens is 318 g/mol. The minimum absolute atomic E-state index is 0.308. The maximum absolute atomic E-state index is 6.01. The Morgan fingerprint density at radius 1 is 1.04 bits per heavy atom. The molecule has 2 N–H and O–H groups in total. The fourth-order valence-electron chi connectivity index (χ4n) is 2.72. The maximum Gasteiger partial charge on any atom is 0.221 e. The summed E-state index contributed by atoms with van der Waals surface area (Å²) in [6, 6.07) is 10.0. The van der Waals surface area contributed by atoms with Crippen molar-refractivity contribution in [3.8, 4) is 28.3 Å². The van der Waals surface area contributed by atoms with Crippen molar-refractivity contribution in [3.63, 3.8) is 0 Å². The minimum atomic E-state index is 0.308. The van der Waals surface area contributed by atoms with Gasteiger partial charge in [0.05, 0.1) is 18.5 Å². The van der Waals surface area contributed by atoms with Gasteiger partial charge in [0.1, 0.15) is 5.75 Å². The molecule has 5 heteroatoms. The van der Waals surface area contributed by atoms with Crippen LogP contribution in [-0.2, 0) is 6.42 Å². The Balaban J connectivity index is 2.15. The largest absolute Gasteiger partial charge is 0.497 e. The third kappa shape index (κ3) is 3.41. The summed E-state index contributed by atoms with van der Waals surface area (Å²) in [7, 11) is 1.67. The molecule has 24 heavy (non-hydrogen) atoms. The fraction of sp³-hybridized carbons (Fsp3) is 0.263. The summed E-state index contributed by atoms with van der Waals surface area (Å²) < 4.78 is 5.25. The van der Waals surface area contributed by atoms with Crippen LogP contribution >= 0.6 is 11.3 Å². The minimum Gasteiger partial charge on any atom is -0.497 e. The van der Waals surface area contributed by atoms with Gasteiger partial charge >= 0.3 is 0 Å². The molecule has 0 spiro atoms. The number of thiophene rings is 1. The molecule has 0 bridgehead atoms. The molecule has 0 aliphatic carbocycles. The number of nitrogens with zero attached hydrogens (tertiary/aromatic N) is 2. The van der Waals surface area contributed by atoms with E-state index in [0.29, 0.717) is 5.95 Å². The molecule has 0 aliphatic heterocycles. The van der Waals surface area contributed by atoms with E-state index in [1.54, 1.807) is 18.4 Å². The number of ether oxygens (including phenoxy) is 1. The molecule has 0 radical (unpaired) electrons. The Labute approximate surface area is 146 Å². The number of aromatic nitrogens is 2. The van der Waals surface area contributed by atoms with Gasteiger partial charge in [-0.1, -0.05) is 13.3 Å². The average molecular weight is 339 g/mol. The SMILES string of the molecule is CCCCc1c(-c2ccc(OC)cc2)nc(N)nc1-c1ccsc1. The van der Waals surface area contributed by atoms with Gasteiger partial charge in [-0.05, 0) is 48.6 Å². The quantitative estimate of drug-likeness (QED) is 0.700. The monoisotopic (exact) mass is 339 g/mol. The lowest BCUT2D eigenvalue weighted by Gasteiger charge is -2.14. The van der Waals surface area contributed by atoms with E-state index in [0.717, 1.165) is 53.1 Å². The first-order chi connectivity index (χ1) is 11.7. The Morgan fingerprint density at radius 3 is 2.33 bits per heavy atom. The molecule has 0 atom stereocenters. The van der Waals surface area contributed by atoms with Gasteiger partial charge < -0.3 is 10.5 Å². The average Bonchev–Trinajstić information content (AvgIpc) is 3.14. The van der Waals surface area contributed by atoms with Crippen molar-refractivity contribution in [1.29, 1.82) is 0 Å². The van der Waals surface area contributed by atoms with E-state index >= 15 is 0 Å². The van der Waals surface area contributed by atoms with Gasteiger partial charge in [-0.25, -0.2) is 9.97 Å². The van der Waals surface area contributed by atoms with Crippen molar-refractivity contribution in [2.45, 2.75) is 26.2 Å². The molecule has 1 aromatic carbocycles. The second-order valence-corrected chi connectivity index (χ2v) is 6.38. The molecule has 2 heterocycles. The van der Waals surface area contributed by atoms with Crippen molar-refractivity contribution in [3.05, 3.63) is 46.7 Å². The summed E-state index contributed by atoms with van der Waals surface area (Å²) in [5, 5.41) is 4.17. The normalized spacial score (nSPS) is 10.8. The van der Waals surface area contributed by atoms with Crippen LogP contribution in [0.2, 0.25) is 0 Å². The second-order valence-electron chi connectivity index (χ2n) is 5.60. The number of nitrogens with two attached hydrogens (primary N) is 1. The zero-order valence-electron chi connectivity index (χ0n) is 14.0. The highest BCUT2D eigenvalue weighted by atomic mass is 32.1. The number of unbranched alkanes of at least 4 members (excludes halogenated alkanes) is 1. The molecule has 0 fully saturated rings. The molecule has 0 aliphatic rings. The van der Waals surface area contributed by atoms with E-state index in [1.165, 1.54) is 0 Å². The Morgan fingerprint density at radius 2 is 1.75 bits per heavy atom. The van der Waals surface area contributed by atoms with E-state index in [1.807, 2.05) is 24.3 Å². The predicted molar refractivity (Wildman–Crippen MR) is 100 cm³/mol. The van der Waals surface area contributed by atoms with Crippen LogP contribution in [0, 0.1) is 0 Å². The van der Waals surface area contributed by atoms with E-state index in [4.69, 9.17) is 10.5 Å². The van der Waals surface area contributed by atoms with E-state index in [-0.39, 0.29) is 0 Å². The van der Waals surface area contributed by atoms with E-state index < -0.39 is 0 Å². The van der Waals surface area contributed by atoms with Crippen molar-refractivity contribution in [2.75, 3.05) is 12.8 Å². The number of benzene rings is 1. The summed E-state index contributed by atoms with van der Waals surface area (Å²) in [5.41, 5.74) is 11.2. The van der Waals surface area contributed by atoms with Crippen molar-refractivity contribution in [2.24, 2.45) is 0 Å². The standard InChI is InChI=1S/C19H21N3OS/c1-3-4-5-16-17(13-6-8-15(23-2)9-7-13)21-19(20)22-18(16)14-10-11-24-12-14/h6-12H,3-5H2,1-2H3,(H2,20,21,22). The lowest BCUT2D eigenvalue weighted by Crippen LogP contribution is -2.05. The molecule has 3 aromatic rings. The number of methoxy groups -OCH3 is 1. The molecule has 0 unspecified atom stereocenters. The van der Waals surface area contributed by atoms with Gasteiger partial charge in [0.15, 0.2) is 0 Å². The predicted octanol–water partition coefficient (Wildman–Crippen LogP) is 4.81. The highest BCUT2D eigenvalue weighted by Crippen LogP contribution is 2.33. The highest BCUT2D eigenvalue weighted by molar-refractivity contribution is 7.08. The smallest absolute Gasteiger partial charge is 0.221 e. The van der Waals surface area contributed by atoms with Gasteiger partial charge in [-0.3, -0.25) is 0 Å². The molecule has 4 nitrogen and oxygen atoms in total. The first-order valence-corrected chi connectivity index (χ1v) is 9.00. The first-order valence-electron chi connectivity index (χ1n) is 8.06. The first kappa shape index (κ1) is 16.5. The summed E-state index contributed by atoms with van der Waals surface area (Å²) in [6.45, 7) is 2.19. The topological polar surface area (TPSA) is 61.0 Å². The van der Waals surface area contributed by atoms with Crippen LogP contribution in [-0.4, -0.2) is 17.1 Å². The third-order valence-corrected chi connectivity index (χ3v) is 4.65. The van der Waals surface area contributed by atoms with Crippen LogP contribution in [0.1, 0.15) is 25.3 Å². The molecule has 0 saturated carbocycles. The second kappa shape index (κ2) is 7.45. The number of nitrogen functional groups attached to an aromatic ring is 1. The zero-order chi connectivity index (χ0) is 16.9. The van der Waals surface area contributed by atoms with E-state index in [2.05, 4.69) is 33.7 Å². The molecular formula is C19H21N3OS. The summed E-state index contributed by atoms with van der Waals surface area (Å²) in [4.78, 5) is 9.09. The van der Waals surface area contributed by atoms with Crippen LogP contribution in [0.3, 0.4) is 0 Å². The Bertz CT molecular complexity index is 798. The molecule has 3 rings (SSSR count). The fourth-order valence-corrected chi connectivity index (χ4v) is 3.36. The van der Waals surface area contributed by atoms with Gasteiger partial charge in [0.25, 0.3) is 0 Å². The van der Waals surface area contributed by atoms with Gasteiger partial charge in [0, 0.05) is 22.1 Å². The van der Waals surface area contributed by atoms with Crippen LogP contribution in [0.25, 0.3) is 22.5 Å². The molecule has 0 amide bonds. The molecule has 124 valence electrons. The number of hydrogen-bond acceptors (Lipinski definition) is 5. The summed E-state index contributed by atoms with van der Waals surface area (Å²) in [6.07, 6.45) is 3.15. The van der Waals surface area contributed by atoms with Gasteiger partial charge in [0.2, 0.25) is 5.95 Å². The lowest BCUT2D eigenvalue weighted by molar-refractivity contribution is 0.415. The molecule has 0 saturated heterocycles. The summed E-state index contributed by atoms with van der Waals surface area (Å²) >= 11 is 1.66. The Hall–Kier alpha value is -2.40. The third-order valence-electron chi connectivity index (χ3n) is 3.96. The van der Waals surface area contributed by atoms with Crippen LogP contribution in [0.4, 0.5) is 5.95 Å². The zero-order valence-corrected chi connectivity index (χ0v) is 14.8. The molecule has 2 aromatic heterocycles. The van der Waals surface area contributed by atoms with Crippen molar-refractivity contribution >= 4 is 17.3 Å². The summed E-state index contributed by atoms with van der Waals surface area (Å²) in [5.74, 6) is 1.14. The van der Waals surface area contributed by atoms with E-state index in [9.17, 15) is 0 Å². The number of anilines is 1. The van der Waals surface area contributed by atoms with Crippen molar-refractivity contribution in [1.82, 2.24) is 9.97 Å². The van der Waals surface area contributed by atoms with Crippen LogP contribution < -0.4 is 10.5 Å². The van der Waals surface area contributed by atoms with Crippen molar-refractivity contribution < 1.29 is 4.74 Å². The maximum atomic E-state index is 6.01. The number of hydrogen-bond donors (Lipinski definition) is 1. The Kier molecular flexibility index (Phi) is 5.11. The van der Waals surface area contributed by atoms with Crippen LogP contribution in [0.15, 0.2) is 41.1 Å². The highest BCUT2D eigenvalue weighted by Gasteiger charge is 2.16. The number of rotatable bonds is 6. The lowest BCUT2D eigenvalue weighted by atomic mass is 9.97. The van der Waals surface area contributed by atoms with Gasteiger partial charge in [-0.2, -0.15) is 11.3 Å².